The number of para-hydroxylation sites is 1. The standard InChI is InChI=1S/C17H10FN3O2S/c18-11-5-7-12(8-6-11)19-17-21-20-15(24-17)13-9-10-3-1-2-4-14(10)23-16(13)22/h1-9H,(H,19,21). The lowest BCUT2D eigenvalue weighted by Gasteiger charge is -2.00. The first-order valence-corrected chi connectivity index (χ1v) is 7.90. The minimum absolute atomic E-state index is 0.313. The van der Waals surface area contributed by atoms with Gasteiger partial charge in [-0.15, -0.1) is 10.2 Å². The summed E-state index contributed by atoms with van der Waals surface area (Å²) in [5.74, 6) is -0.313. The third-order valence-corrected chi connectivity index (χ3v) is 4.26. The molecular weight excluding hydrogens is 329 g/mol. The second-order valence-corrected chi connectivity index (χ2v) is 6.01. The molecule has 7 heteroatoms. The second kappa shape index (κ2) is 5.86. The topological polar surface area (TPSA) is 68.0 Å². The average Bonchev–Trinajstić information content (AvgIpc) is 3.04. The highest BCUT2D eigenvalue weighted by molar-refractivity contribution is 7.18. The van der Waals surface area contributed by atoms with Crippen molar-refractivity contribution in [3.63, 3.8) is 0 Å². The van der Waals surface area contributed by atoms with E-state index in [1.54, 1.807) is 30.3 Å². The lowest BCUT2D eigenvalue weighted by molar-refractivity contribution is 0.563. The molecule has 0 aliphatic rings. The maximum absolute atomic E-state index is 12.9. The Morgan fingerprint density at radius 2 is 1.83 bits per heavy atom. The Labute approximate surface area is 139 Å². The highest BCUT2D eigenvalue weighted by Gasteiger charge is 2.13. The van der Waals surface area contributed by atoms with Crippen LogP contribution in [-0.2, 0) is 0 Å². The number of halogens is 1. The van der Waals surface area contributed by atoms with Crippen molar-refractivity contribution in [3.05, 3.63) is 70.8 Å². The lowest BCUT2D eigenvalue weighted by Crippen LogP contribution is -2.02. The van der Waals surface area contributed by atoms with Crippen LogP contribution in [0.3, 0.4) is 0 Å². The van der Waals surface area contributed by atoms with Gasteiger partial charge in [-0.05, 0) is 36.4 Å². The van der Waals surface area contributed by atoms with Crippen LogP contribution in [0.1, 0.15) is 0 Å². The van der Waals surface area contributed by atoms with Crippen molar-refractivity contribution in [2.45, 2.75) is 0 Å². The molecule has 0 aliphatic heterocycles. The normalized spacial score (nSPS) is 10.9. The van der Waals surface area contributed by atoms with E-state index in [1.165, 1.54) is 23.5 Å². The summed E-state index contributed by atoms with van der Waals surface area (Å²) >= 11 is 1.22. The molecule has 0 aliphatic carbocycles. The molecule has 4 aromatic rings. The van der Waals surface area contributed by atoms with E-state index >= 15 is 0 Å². The second-order valence-electron chi connectivity index (χ2n) is 5.03. The first-order valence-electron chi connectivity index (χ1n) is 7.08. The Morgan fingerprint density at radius 3 is 2.67 bits per heavy atom. The van der Waals surface area contributed by atoms with Gasteiger partial charge in [-0.2, -0.15) is 0 Å². The fourth-order valence-corrected chi connectivity index (χ4v) is 3.02. The van der Waals surface area contributed by atoms with Gasteiger partial charge in [0.1, 0.15) is 11.4 Å². The summed E-state index contributed by atoms with van der Waals surface area (Å²) in [5.41, 5.74) is 1.11. The van der Waals surface area contributed by atoms with E-state index in [-0.39, 0.29) is 5.82 Å². The highest BCUT2D eigenvalue weighted by atomic mass is 32.1. The van der Waals surface area contributed by atoms with Crippen LogP contribution in [0.15, 0.2) is 63.8 Å². The zero-order valence-corrected chi connectivity index (χ0v) is 13.0. The van der Waals surface area contributed by atoms with Gasteiger partial charge in [0.05, 0.1) is 5.56 Å². The van der Waals surface area contributed by atoms with Crippen LogP contribution in [0, 0.1) is 5.82 Å². The number of nitrogens with zero attached hydrogens (tertiary/aromatic N) is 2. The van der Waals surface area contributed by atoms with E-state index in [4.69, 9.17) is 4.42 Å². The fraction of sp³-hybridized carbons (Fsp3) is 0. The Balaban J connectivity index is 1.68. The molecule has 1 N–H and O–H groups in total. The van der Waals surface area contributed by atoms with Gasteiger partial charge in [-0.3, -0.25) is 0 Å². The van der Waals surface area contributed by atoms with Crippen LogP contribution in [-0.4, -0.2) is 10.2 Å². The van der Waals surface area contributed by atoms with E-state index in [0.717, 1.165) is 5.39 Å². The van der Waals surface area contributed by atoms with Gasteiger partial charge in [-0.1, -0.05) is 29.5 Å². The molecule has 4 rings (SSSR count). The minimum atomic E-state index is -0.460. The van der Waals surface area contributed by atoms with Crippen molar-refractivity contribution in [2.75, 3.05) is 5.32 Å². The number of benzene rings is 2. The predicted octanol–water partition coefficient (Wildman–Crippen LogP) is 4.19. The number of aromatic nitrogens is 2. The maximum atomic E-state index is 12.9. The molecule has 0 radical (unpaired) electrons. The van der Waals surface area contributed by atoms with Crippen LogP contribution in [0.4, 0.5) is 15.2 Å². The summed E-state index contributed by atoms with van der Waals surface area (Å²) in [6, 6.07) is 14.9. The highest BCUT2D eigenvalue weighted by Crippen LogP contribution is 2.28. The number of hydrogen-bond acceptors (Lipinski definition) is 6. The first-order chi connectivity index (χ1) is 11.7. The Morgan fingerprint density at radius 1 is 1.04 bits per heavy atom. The summed E-state index contributed by atoms with van der Waals surface area (Å²) < 4.78 is 18.2. The van der Waals surface area contributed by atoms with E-state index in [0.29, 0.717) is 27.0 Å². The number of hydrogen-bond donors (Lipinski definition) is 1. The quantitative estimate of drug-likeness (QED) is 0.567. The van der Waals surface area contributed by atoms with Crippen molar-refractivity contribution in [3.8, 4) is 10.6 Å². The van der Waals surface area contributed by atoms with Crippen LogP contribution in [0.2, 0.25) is 0 Å². The van der Waals surface area contributed by atoms with Gasteiger partial charge >= 0.3 is 5.63 Å². The largest absolute Gasteiger partial charge is 0.422 e. The Hall–Kier alpha value is -3.06. The third-order valence-electron chi connectivity index (χ3n) is 3.39. The van der Waals surface area contributed by atoms with Crippen LogP contribution >= 0.6 is 11.3 Å². The third kappa shape index (κ3) is 2.77. The molecule has 2 aromatic heterocycles. The van der Waals surface area contributed by atoms with Crippen LogP contribution in [0.5, 0.6) is 0 Å². The molecule has 0 bridgehead atoms. The number of rotatable bonds is 3. The van der Waals surface area contributed by atoms with Gasteiger partial charge in [-0.25, -0.2) is 9.18 Å². The molecule has 118 valence electrons. The average molecular weight is 339 g/mol. The van der Waals surface area contributed by atoms with Gasteiger partial charge in [0.15, 0.2) is 5.01 Å². The van der Waals surface area contributed by atoms with Crippen molar-refractivity contribution < 1.29 is 8.81 Å². The van der Waals surface area contributed by atoms with Crippen LogP contribution in [0.25, 0.3) is 21.5 Å². The molecule has 24 heavy (non-hydrogen) atoms. The molecule has 0 spiro atoms. The summed E-state index contributed by atoms with van der Waals surface area (Å²) in [5, 5.41) is 12.9. The molecule has 0 atom stereocenters. The zero-order valence-electron chi connectivity index (χ0n) is 12.2. The van der Waals surface area contributed by atoms with E-state index in [2.05, 4.69) is 15.5 Å². The molecule has 2 aromatic carbocycles. The molecular formula is C17H10FN3O2S. The molecule has 2 heterocycles. The van der Waals surface area contributed by atoms with Gasteiger partial charge in [0.2, 0.25) is 5.13 Å². The summed E-state index contributed by atoms with van der Waals surface area (Å²) in [7, 11) is 0. The summed E-state index contributed by atoms with van der Waals surface area (Å²) in [6.45, 7) is 0. The minimum Gasteiger partial charge on any atom is -0.422 e. The van der Waals surface area contributed by atoms with Crippen molar-refractivity contribution >= 4 is 33.1 Å². The SMILES string of the molecule is O=c1oc2ccccc2cc1-c1nnc(Nc2ccc(F)cc2)s1. The van der Waals surface area contributed by atoms with Crippen molar-refractivity contribution in [1.82, 2.24) is 10.2 Å². The van der Waals surface area contributed by atoms with Gasteiger partial charge < -0.3 is 9.73 Å². The number of nitrogens with one attached hydrogen (secondary N) is 1. The summed E-state index contributed by atoms with van der Waals surface area (Å²) in [6.07, 6.45) is 0. The van der Waals surface area contributed by atoms with E-state index < -0.39 is 5.63 Å². The first kappa shape index (κ1) is 14.5. The Kier molecular flexibility index (Phi) is 3.55. The Bertz CT molecular complexity index is 1070. The van der Waals surface area contributed by atoms with Crippen molar-refractivity contribution in [1.29, 1.82) is 0 Å². The molecule has 0 saturated heterocycles. The number of anilines is 2. The van der Waals surface area contributed by atoms with E-state index in [9.17, 15) is 9.18 Å². The molecule has 5 nitrogen and oxygen atoms in total. The lowest BCUT2D eigenvalue weighted by atomic mass is 10.2. The number of fused-ring (bicyclic) bond motifs is 1. The molecule has 0 amide bonds. The van der Waals surface area contributed by atoms with Crippen molar-refractivity contribution in [2.24, 2.45) is 0 Å². The fourth-order valence-electron chi connectivity index (χ4n) is 2.25. The van der Waals surface area contributed by atoms with Gasteiger partial charge in [0, 0.05) is 11.1 Å². The molecule has 0 unspecified atom stereocenters. The van der Waals surface area contributed by atoms with E-state index in [1.807, 2.05) is 12.1 Å². The predicted molar refractivity (Wildman–Crippen MR) is 91.1 cm³/mol. The summed E-state index contributed by atoms with van der Waals surface area (Å²) in [4.78, 5) is 12.1. The monoisotopic (exact) mass is 339 g/mol. The molecule has 0 saturated carbocycles. The van der Waals surface area contributed by atoms with Gasteiger partial charge in [0.25, 0.3) is 0 Å². The maximum Gasteiger partial charge on any atom is 0.346 e. The molecule has 0 fully saturated rings. The smallest absolute Gasteiger partial charge is 0.346 e. The van der Waals surface area contributed by atoms with Crippen LogP contribution < -0.4 is 10.9 Å². The zero-order chi connectivity index (χ0) is 16.5.